The molecule has 0 aromatic heterocycles. The van der Waals surface area contributed by atoms with Gasteiger partial charge < -0.3 is 25.0 Å². The zero-order valence-corrected chi connectivity index (χ0v) is 18.5. The molecule has 2 heterocycles. The first-order valence-corrected chi connectivity index (χ1v) is 9.71. The molecule has 7 nitrogen and oxygen atoms in total. The van der Waals surface area contributed by atoms with Crippen molar-refractivity contribution in [3.05, 3.63) is 0 Å². The van der Waals surface area contributed by atoms with Gasteiger partial charge in [-0.25, -0.2) is 4.79 Å². The van der Waals surface area contributed by atoms with Crippen LogP contribution in [0, 0.1) is 17.3 Å². The molecule has 0 aromatic rings. The third-order valence-electron chi connectivity index (χ3n) is 5.82. The molecule has 27 heavy (non-hydrogen) atoms. The number of likely N-dealkylation sites (tertiary alicyclic amines) is 2. The van der Waals surface area contributed by atoms with Gasteiger partial charge in [-0.2, -0.15) is 0 Å². The maximum absolute atomic E-state index is 11.7. The van der Waals surface area contributed by atoms with Gasteiger partial charge in [0, 0.05) is 26.2 Å². The Labute approximate surface area is 164 Å². The van der Waals surface area contributed by atoms with Crippen LogP contribution in [0.2, 0.25) is 0 Å². The first-order chi connectivity index (χ1) is 12.1. The lowest BCUT2D eigenvalue weighted by Gasteiger charge is -2.31. The lowest BCUT2D eigenvalue weighted by molar-refractivity contribution is -0.149. The molecular weight excluding hydrogens is 346 g/mol. The summed E-state index contributed by atoms with van der Waals surface area (Å²) in [4.78, 5) is 26.9. The Morgan fingerprint density at radius 2 is 1.52 bits per heavy atom. The second-order valence-electron chi connectivity index (χ2n) is 9.96. The maximum atomic E-state index is 11.7. The third-order valence-corrected chi connectivity index (χ3v) is 5.82. The van der Waals surface area contributed by atoms with Crippen molar-refractivity contribution < 1.29 is 19.4 Å². The Bertz CT molecular complexity index is 548. The molecule has 7 heteroatoms. The van der Waals surface area contributed by atoms with E-state index in [4.69, 9.17) is 9.84 Å². The van der Waals surface area contributed by atoms with Crippen LogP contribution in [0.15, 0.2) is 0 Å². The molecule has 2 aliphatic heterocycles. The van der Waals surface area contributed by atoms with Crippen molar-refractivity contribution in [3.8, 4) is 0 Å². The molecule has 0 spiro atoms. The summed E-state index contributed by atoms with van der Waals surface area (Å²) in [6.07, 6.45) is -0.322. The minimum absolute atomic E-state index is 0.183. The van der Waals surface area contributed by atoms with E-state index in [2.05, 4.69) is 36.0 Å². The molecule has 2 fully saturated rings. The van der Waals surface area contributed by atoms with Crippen LogP contribution in [0.5, 0.6) is 0 Å². The van der Waals surface area contributed by atoms with E-state index in [9.17, 15) is 9.59 Å². The lowest BCUT2D eigenvalue weighted by atomic mass is 9.81. The van der Waals surface area contributed by atoms with Gasteiger partial charge in [0.1, 0.15) is 5.60 Å². The number of nitrogens with zero attached hydrogens (tertiary/aromatic N) is 2. The van der Waals surface area contributed by atoms with Crippen molar-refractivity contribution in [2.75, 3.05) is 40.3 Å². The van der Waals surface area contributed by atoms with Crippen molar-refractivity contribution >= 4 is 12.1 Å². The molecule has 0 saturated carbocycles. The van der Waals surface area contributed by atoms with E-state index in [1.807, 2.05) is 41.7 Å². The monoisotopic (exact) mass is 385 g/mol. The Morgan fingerprint density at radius 3 is 1.81 bits per heavy atom. The summed E-state index contributed by atoms with van der Waals surface area (Å²) in [5.41, 5.74) is -1.15. The number of hydrogen-bond donors (Lipinski definition) is 2. The summed E-state index contributed by atoms with van der Waals surface area (Å²) in [6.45, 7) is 17.1. The molecule has 0 radical (unpaired) electrons. The number of hydrogen-bond acceptors (Lipinski definition) is 5. The van der Waals surface area contributed by atoms with Crippen molar-refractivity contribution in [3.63, 3.8) is 0 Å². The highest BCUT2D eigenvalue weighted by atomic mass is 16.6. The fourth-order valence-corrected chi connectivity index (χ4v) is 3.88. The summed E-state index contributed by atoms with van der Waals surface area (Å²) >= 11 is 0. The largest absolute Gasteiger partial charge is 0.481 e. The van der Waals surface area contributed by atoms with E-state index in [1.54, 1.807) is 0 Å². The molecule has 2 saturated heterocycles. The second kappa shape index (κ2) is 8.35. The van der Waals surface area contributed by atoms with Gasteiger partial charge in [-0.05, 0) is 60.5 Å². The Hall–Kier alpha value is -1.34. The number of amides is 1. The topological polar surface area (TPSA) is 82.1 Å². The zero-order chi connectivity index (χ0) is 21.2. The summed E-state index contributed by atoms with van der Waals surface area (Å²) < 4.78 is 5.28. The van der Waals surface area contributed by atoms with E-state index in [0.717, 1.165) is 19.6 Å². The van der Waals surface area contributed by atoms with Crippen LogP contribution in [-0.4, -0.2) is 78.4 Å². The van der Waals surface area contributed by atoms with Gasteiger partial charge in [0.05, 0.1) is 11.0 Å². The van der Waals surface area contributed by atoms with Crippen LogP contribution in [0.1, 0.15) is 48.5 Å². The number of carboxylic acid groups (broad SMARTS) is 1. The minimum atomic E-state index is -0.672. The van der Waals surface area contributed by atoms with Crippen LogP contribution < -0.4 is 5.32 Å². The number of aliphatic carboxylic acids is 1. The maximum Gasteiger partial charge on any atom is 0.408 e. The second-order valence-corrected chi connectivity index (χ2v) is 9.96. The Morgan fingerprint density at radius 1 is 1.04 bits per heavy atom. The van der Waals surface area contributed by atoms with Gasteiger partial charge in [0.2, 0.25) is 0 Å². The molecule has 2 N–H and O–H groups in total. The van der Waals surface area contributed by atoms with E-state index >= 15 is 0 Å². The predicted molar refractivity (Wildman–Crippen MR) is 107 cm³/mol. The van der Waals surface area contributed by atoms with E-state index < -0.39 is 17.0 Å². The van der Waals surface area contributed by atoms with Crippen LogP contribution in [-0.2, 0) is 9.53 Å². The predicted octanol–water partition coefficient (Wildman–Crippen LogP) is 2.51. The highest BCUT2D eigenvalue weighted by molar-refractivity contribution is 5.75. The molecular formula is C20H39N3O4. The smallest absolute Gasteiger partial charge is 0.408 e. The summed E-state index contributed by atoms with van der Waals surface area (Å²) in [5, 5.41) is 11.9. The van der Waals surface area contributed by atoms with Gasteiger partial charge in [0.25, 0.3) is 0 Å². The Balaban J connectivity index is 0.000000289. The zero-order valence-electron chi connectivity index (χ0n) is 18.5. The minimum Gasteiger partial charge on any atom is -0.481 e. The van der Waals surface area contributed by atoms with E-state index in [-0.39, 0.29) is 17.6 Å². The molecule has 0 bridgehead atoms. The summed E-state index contributed by atoms with van der Waals surface area (Å²) in [7, 11) is 4.03. The van der Waals surface area contributed by atoms with Crippen LogP contribution >= 0.6 is 0 Å². The highest BCUT2D eigenvalue weighted by Gasteiger charge is 2.45. The van der Waals surface area contributed by atoms with Gasteiger partial charge in [-0.15, -0.1) is 0 Å². The first kappa shape index (κ1) is 23.7. The number of alkyl carbamates (subject to hydrolysis) is 1. The van der Waals surface area contributed by atoms with Crippen LogP contribution in [0.25, 0.3) is 0 Å². The number of likely N-dealkylation sites (N-methyl/N-ethyl adjacent to an activating group) is 1. The number of carbonyl (C=O) groups is 2. The lowest BCUT2D eigenvalue weighted by Crippen LogP contribution is -2.52. The van der Waals surface area contributed by atoms with Crippen molar-refractivity contribution in [1.29, 1.82) is 0 Å². The first-order valence-electron chi connectivity index (χ1n) is 9.71. The van der Waals surface area contributed by atoms with Gasteiger partial charge >= 0.3 is 12.1 Å². The number of nitrogens with one attached hydrogen (secondary N) is 1. The van der Waals surface area contributed by atoms with Gasteiger partial charge in [-0.3, -0.25) is 4.79 Å². The highest BCUT2D eigenvalue weighted by Crippen LogP contribution is 2.34. The van der Waals surface area contributed by atoms with Gasteiger partial charge in [-0.1, -0.05) is 13.8 Å². The quantitative estimate of drug-likeness (QED) is 0.760. The Kier molecular flexibility index (Phi) is 7.33. The van der Waals surface area contributed by atoms with Crippen LogP contribution in [0.3, 0.4) is 0 Å². The van der Waals surface area contributed by atoms with E-state index in [1.165, 1.54) is 0 Å². The number of carbonyl (C=O) groups excluding carboxylic acids is 1. The number of ether oxygens (including phenoxy) is 1. The van der Waals surface area contributed by atoms with Crippen molar-refractivity contribution in [2.45, 2.75) is 59.6 Å². The van der Waals surface area contributed by atoms with Crippen LogP contribution in [0.4, 0.5) is 4.79 Å². The van der Waals surface area contributed by atoms with Crippen molar-refractivity contribution in [2.24, 2.45) is 17.3 Å². The van der Waals surface area contributed by atoms with E-state index in [0.29, 0.717) is 12.5 Å². The molecule has 1 amide bonds. The fraction of sp³-hybridized carbons (Fsp3) is 0.900. The summed E-state index contributed by atoms with van der Waals surface area (Å²) in [6, 6.07) is 0. The molecule has 4 unspecified atom stereocenters. The molecule has 158 valence electrons. The van der Waals surface area contributed by atoms with Crippen molar-refractivity contribution in [1.82, 2.24) is 15.1 Å². The molecule has 4 atom stereocenters. The average molecular weight is 386 g/mol. The SMILES string of the molecule is CC1CN(C)CC1(C)C(=O)O.CC1CN(C)CC1(C)NC(=O)OC(C)(C)C. The fourth-order valence-electron chi connectivity index (χ4n) is 3.88. The molecule has 2 aliphatic rings. The number of carboxylic acids is 1. The molecule has 0 aromatic carbocycles. The average Bonchev–Trinajstić information content (AvgIpc) is 2.84. The number of rotatable bonds is 2. The molecule has 2 rings (SSSR count). The van der Waals surface area contributed by atoms with Gasteiger partial charge in [0.15, 0.2) is 0 Å². The third kappa shape index (κ3) is 6.35. The summed E-state index contributed by atoms with van der Waals surface area (Å²) in [5.74, 6) is 0.0179. The standard InChI is InChI=1S/C12H24N2O2.C8H15NO2/c1-9-7-14(6)8-12(9,5)13-10(15)16-11(2,3)4;1-6-4-9(3)5-8(6,2)7(10)11/h9H,7-8H2,1-6H3,(H,13,15);6H,4-5H2,1-3H3,(H,10,11). The molecule has 0 aliphatic carbocycles. The normalized spacial score (nSPS) is 34.7.